The lowest BCUT2D eigenvalue weighted by Crippen LogP contribution is -2.47. The van der Waals surface area contributed by atoms with Gasteiger partial charge in [0.25, 0.3) is 0 Å². The number of piperazine rings is 1. The largest absolute Gasteiger partial charge is 0.417 e. The van der Waals surface area contributed by atoms with Crippen LogP contribution in [0.4, 0.5) is 30.6 Å². The number of rotatable bonds is 4. The molecule has 1 N–H and O–H groups in total. The molecule has 1 saturated heterocycles. The highest BCUT2D eigenvalue weighted by Gasteiger charge is 2.34. The van der Waals surface area contributed by atoms with Gasteiger partial charge in [-0.15, -0.1) is 0 Å². The minimum atomic E-state index is -4.50. The standard InChI is InChI=1S/C17H16BrClF3N5O/c18-10-15(28)24-14-3-4-23-16(25-14)27-7-5-26(6-8-27)11-1-2-13(19)12(9-11)17(20,21)22/h1-4,9H,5-8,10H2,(H,23,24,25,28). The summed E-state index contributed by atoms with van der Waals surface area (Å²) in [5.41, 5.74) is -0.372. The summed E-state index contributed by atoms with van der Waals surface area (Å²) < 4.78 is 39.2. The average molecular weight is 479 g/mol. The number of aromatic nitrogens is 2. The van der Waals surface area contributed by atoms with Crippen LogP contribution in [-0.2, 0) is 11.0 Å². The lowest BCUT2D eigenvalue weighted by Gasteiger charge is -2.36. The maximum atomic E-state index is 13.1. The number of carbonyl (C=O) groups is 1. The van der Waals surface area contributed by atoms with E-state index in [0.717, 1.165) is 6.07 Å². The third-order valence-electron chi connectivity index (χ3n) is 4.21. The summed E-state index contributed by atoms with van der Waals surface area (Å²) in [5, 5.41) is 2.48. The number of alkyl halides is 4. The summed E-state index contributed by atoms with van der Waals surface area (Å²) in [6.07, 6.45) is -2.95. The highest BCUT2D eigenvalue weighted by molar-refractivity contribution is 9.09. The predicted octanol–water partition coefficient (Wildman–Crippen LogP) is 3.81. The molecule has 3 rings (SSSR count). The van der Waals surface area contributed by atoms with Gasteiger partial charge in [-0.3, -0.25) is 4.79 Å². The molecule has 1 amide bonds. The van der Waals surface area contributed by atoms with Crippen molar-refractivity contribution in [3.05, 3.63) is 41.0 Å². The lowest BCUT2D eigenvalue weighted by molar-refractivity contribution is -0.137. The molecule has 0 saturated carbocycles. The average Bonchev–Trinajstić information content (AvgIpc) is 2.68. The van der Waals surface area contributed by atoms with E-state index in [-0.39, 0.29) is 16.3 Å². The first-order chi connectivity index (χ1) is 13.3. The third kappa shape index (κ3) is 4.85. The maximum Gasteiger partial charge on any atom is 0.417 e. The molecule has 6 nitrogen and oxygen atoms in total. The minimum absolute atomic E-state index is 0.159. The van der Waals surface area contributed by atoms with E-state index < -0.39 is 11.7 Å². The first-order valence-corrected chi connectivity index (χ1v) is 9.83. The Kier molecular flexibility index (Phi) is 6.29. The SMILES string of the molecule is O=C(CBr)Nc1ccnc(N2CCN(c3ccc(Cl)c(C(F)(F)F)c3)CC2)n1. The summed E-state index contributed by atoms with van der Waals surface area (Å²) in [6.45, 7) is 2.06. The number of halogens is 5. The number of anilines is 3. The molecule has 2 aromatic rings. The molecule has 0 radical (unpaired) electrons. The van der Waals surface area contributed by atoms with Gasteiger partial charge in [-0.2, -0.15) is 18.2 Å². The highest BCUT2D eigenvalue weighted by Crippen LogP contribution is 2.37. The first-order valence-electron chi connectivity index (χ1n) is 8.33. The Bertz CT molecular complexity index is 859. The van der Waals surface area contributed by atoms with Crippen LogP contribution in [0, 0.1) is 0 Å². The zero-order chi connectivity index (χ0) is 20.3. The minimum Gasteiger partial charge on any atom is -0.368 e. The van der Waals surface area contributed by atoms with E-state index in [1.807, 2.05) is 9.80 Å². The van der Waals surface area contributed by atoms with Gasteiger partial charge in [0.2, 0.25) is 11.9 Å². The zero-order valence-corrected chi connectivity index (χ0v) is 16.9. The van der Waals surface area contributed by atoms with E-state index in [9.17, 15) is 18.0 Å². The van der Waals surface area contributed by atoms with Crippen LogP contribution in [0.5, 0.6) is 0 Å². The maximum absolute atomic E-state index is 13.1. The topological polar surface area (TPSA) is 61.4 Å². The van der Waals surface area contributed by atoms with Crippen LogP contribution in [0.3, 0.4) is 0 Å². The number of nitrogens with zero attached hydrogens (tertiary/aromatic N) is 4. The first kappa shape index (κ1) is 20.7. The fraction of sp³-hybridized carbons (Fsp3) is 0.353. The molecular weight excluding hydrogens is 463 g/mol. The summed E-state index contributed by atoms with van der Waals surface area (Å²) in [5.74, 6) is 0.626. The van der Waals surface area contributed by atoms with Crippen molar-refractivity contribution in [2.75, 3.05) is 46.6 Å². The van der Waals surface area contributed by atoms with Crippen molar-refractivity contribution in [2.45, 2.75) is 6.18 Å². The van der Waals surface area contributed by atoms with Crippen LogP contribution >= 0.6 is 27.5 Å². The van der Waals surface area contributed by atoms with Crippen LogP contribution in [0.25, 0.3) is 0 Å². The van der Waals surface area contributed by atoms with Crippen LogP contribution < -0.4 is 15.1 Å². The second kappa shape index (κ2) is 8.52. The van der Waals surface area contributed by atoms with Gasteiger partial charge in [0, 0.05) is 38.1 Å². The van der Waals surface area contributed by atoms with Gasteiger partial charge in [-0.25, -0.2) is 4.98 Å². The molecule has 1 fully saturated rings. The number of hydrogen-bond donors (Lipinski definition) is 1. The van der Waals surface area contributed by atoms with Gasteiger partial charge in [-0.05, 0) is 24.3 Å². The summed E-state index contributed by atoms with van der Waals surface area (Å²) in [6, 6.07) is 5.52. The van der Waals surface area contributed by atoms with Crippen molar-refractivity contribution in [2.24, 2.45) is 0 Å². The number of hydrogen-bond acceptors (Lipinski definition) is 5. The Morgan fingerprint density at radius 1 is 1.18 bits per heavy atom. The Morgan fingerprint density at radius 3 is 2.50 bits per heavy atom. The van der Waals surface area contributed by atoms with Crippen LogP contribution in [0.15, 0.2) is 30.5 Å². The zero-order valence-electron chi connectivity index (χ0n) is 14.5. The fourth-order valence-electron chi connectivity index (χ4n) is 2.84. The Balaban J connectivity index is 1.68. The van der Waals surface area contributed by atoms with Crippen LogP contribution in [0.2, 0.25) is 5.02 Å². The molecule has 0 bridgehead atoms. The van der Waals surface area contributed by atoms with E-state index in [4.69, 9.17) is 11.6 Å². The van der Waals surface area contributed by atoms with Gasteiger partial charge >= 0.3 is 6.18 Å². The van der Waals surface area contributed by atoms with E-state index in [0.29, 0.717) is 43.6 Å². The van der Waals surface area contributed by atoms with Gasteiger partial charge < -0.3 is 15.1 Å². The van der Waals surface area contributed by atoms with Gasteiger partial charge in [-0.1, -0.05) is 27.5 Å². The number of nitrogens with one attached hydrogen (secondary N) is 1. The predicted molar refractivity (Wildman–Crippen MR) is 105 cm³/mol. The number of carbonyl (C=O) groups excluding carboxylic acids is 1. The molecule has 1 aromatic carbocycles. The quantitative estimate of drug-likeness (QED) is 0.677. The molecule has 1 aliphatic heterocycles. The smallest absolute Gasteiger partial charge is 0.368 e. The molecule has 1 aliphatic rings. The van der Waals surface area contributed by atoms with E-state index in [2.05, 4.69) is 31.2 Å². The Hall–Kier alpha value is -2.07. The van der Waals surface area contributed by atoms with Crippen LogP contribution in [-0.4, -0.2) is 47.4 Å². The van der Waals surface area contributed by atoms with E-state index in [1.165, 1.54) is 6.07 Å². The molecule has 0 aliphatic carbocycles. The Morgan fingerprint density at radius 2 is 1.86 bits per heavy atom. The van der Waals surface area contributed by atoms with E-state index >= 15 is 0 Å². The monoisotopic (exact) mass is 477 g/mol. The van der Waals surface area contributed by atoms with Crippen molar-refractivity contribution >= 4 is 50.9 Å². The van der Waals surface area contributed by atoms with E-state index in [1.54, 1.807) is 18.3 Å². The summed E-state index contributed by atoms with van der Waals surface area (Å²) in [7, 11) is 0. The summed E-state index contributed by atoms with van der Waals surface area (Å²) >= 11 is 8.76. The van der Waals surface area contributed by atoms with Crippen molar-refractivity contribution in [1.82, 2.24) is 9.97 Å². The fourth-order valence-corrected chi connectivity index (χ4v) is 3.20. The number of amides is 1. The van der Waals surface area contributed by atoms with Crippen molar-refractivity contribution in [3.8, 4) is 0 Å². The van der Waals surface area contributed by atoms with Crippen molar-refractivity contribution < 1.29 is 18.0 Å². The lowest BCUT2D eigenvalue weighted by atomic mass is 10.1. The van der Waals surface area contributed by atoms with Gasteiger partial charge in [0.1, 0.15) is 5.82 Å². The molecule has 0 unspecified atom stereocenters. The molecule has 2 heterocycles. The molecular formula is C17H16BrClF3N5O. The molecule has 0 spiro atoms. The normalized spacial score (nSPS) is 14.9. The second-order valence-corrected chi connectivity index (χ2v) is 7.03. The highest BCUT2D eigenvalue weighted by atomic mass is 79.9. The van der Waals surface area contributed by atoms with Gasteiger partial charge in [0.15, 0.2) is 0 Å². The van der Waals surface area contributed by atoms with Crippen molar-refractivity contribution in [3.63, 3.8) is 0 Å². The van der Waals surface area contributed by atoms with Gasteiger partial charge in [0.05, 0.1) is 15.9 Å². The summed E-state index contributed by atoms with van der Waals surface area (Å²) in [4.78, 5) is 23.8. The van der Waals surface area contributed by atoms with Crippen LogP contribution in [0.1, 0.15) is 5.56 Å². The molecule has 28 heavy (non-hydrogen) atoms. The number of benzene rings is 1. The molecule has 11 heteroatoms. The second-order valence-electron chi connectivity index (χ2n) is 6.06. The van der Waals surface area contributed by atoms with Crippen molar-refractivity contribution in [1.29, 1.82) is 0 Å². The Labute approximate surface area is 172 Å². The molecule has 150 valence electrons. The third-order valence-corrected chi connectivity index (χ3v) is 5.05. The molecule has 0 atom stereocenters. The molecule has 1 aromatic heterocycles.